The molecular formula is C18H21F2N7O2. The average Bonchev–Trinajstić information content (AvgIpc) is 3.31. The number of aromatic nitrogens is 3. The number of anilines is 3. The molecule has 0 unspecified atom stereocenters. The Hall–Kier alpha value is -3.24. The zero-order valence-electron chi connectivity index (χ0n) is 15.9. The van der Waals surface area contributed by atoms with E-state index < -0.39 is 23.9 Å². The van der Waals surface area contributed by atoms with Crippen molar-refractivity contribution in [3.05, 3.63) is 30.1 Å². The Morgan fingerprint density at radius 3 is 2.83 bits per heavy atom. The van der Waals surface area contributed by atoms with Gasteiger partial charge in [0.15, 0.2) is 5.82 Å². The maximum Gasteiger partial charge on any atom is 0.329 e. The third-order valence-electron chi connectivity index (χ3n) is 5.25. The van der Waals surface area contributed by atoms with Gasteiger partial charge in [0.1, 0.15) is 11.5 Å². The number of fused-ring (bicyclic) bond motifs is 4. The summed E-state index contributed by atoms with van der Waals surface area (Å²) in [6.07, 6.45) is 2.27. The number of amides is 3. The van der Waals surface area contributed by atoms with E-state index in [1.807, 2.05) is 0 Å². The highest BCUT2D eigenvalue weighted by Gasteiger charge is 2.41. The second-order valence-corrected chi connectivity index (χ2v) is 7.35. The van der Waals surface area contributed by atoms with Gasteiger partial charge in [0.2, 0.25) is 0 Å². The molecule has 0 aromatic carbocycles. The monoisotopic (exact) mass is 405 g/mol. The molecule has 9 nitrogen and oxygen atoms in total. The van der Waals surface area contributed by atoms with Gasteiger partial charge in [-0.25, -0.2) is 18.6 Å². The van der Waals surface area contributed by atoms with Crippen LogP contribution in [0.15, 0.2) is 24.4 Å². The van der Waals surface area contributed by atoms with Crippen LogP contribution in [0.2, 0.25) is 0 Å². The predicted molar refractivity (Wildman–Crippen MR) is 102 cm³/mol. The molecule has 3 amide bonds. The van der Waals surface area contributed by atoms with E-state index in [9.17, 15) is 18.4 Å². The largest absolute Gasteiger partial charge is 0.366 e. The van der Waals surface area contributed by atoms with Crippen LogP contribution >= 0.6 is 0 Å². The van der Waals surface area contributed by atoms with Crippen molar-refractivity contribution in [2.24, 2.45) is 0 Å². The van der Waals surface area contributed by atoms with Crippen LogP contribution in [0.5, 0.6) is 0 Å². The van der Waals surface area contributed by atoms with Crippen LogP contribution in [0.3, 0.4) is 0 Å². The molecule has 2 atom stereocenters. The van der Waals surface area contributed by atoms with Gasteiger partial charge in [-0.2, -0.15) is 5.10 Å². The molecule has 2 aliphatic rings. The zero-order chi connectivity index (χ0) is 20.8. The van der Waals surface area contributed by atoms with E-state index >= 15 is 0 Å². The molecule has 0 saturated carbocycles. The first-order chi connectivity index (χ1) is 13.7. The van der Waals surface area contributed by atoms with Gasteiger partial charge in [-0.05, 0) is 25.5 Å². The average molecular weight is 405 g/mol. The van der Waals surface area contributed by atoms with E-state index in [1.165, 1.54) is 24.1 Å². The Morgan fingerprint density at radius 1 is 1.34 bits per heavy atom. The Kier molecular flexibility index (Phi) is 4.59. The number of hydrogen-bond acceptors (Lipinski definition) is 5. The number of aromatic amines is 1. The number of carbonyl (C=O) groups excluding carboxylic acids is 2. The van der Waals surface area contributed by atoms with Crippen molar-refractivity contribution in [3.63, 3.8) is 0 Å². The van der Waals surface area contributed by atoms with Crippen molar-refractivity contribution in [1.29, 1.82) is 0 Å². The van der Waals surface area contributed by atoms with Crippen LogP contribution < -0.4 is 20.4 Å². The van der Waals surface area contributed by atoms with Crippen LogP contribution in [0.1, 0.15) is 30.8 Å². The Balaban J connectivity index is 1.63. The SMILES string of the molecule is C[C@@H](NC(=O)c1ccc2c(n1)N(C(=O)Nc1ccn[nH]1)[C@H]1CCN2C1)C(C)(F)F. The molecule has 1 saturated heterocycles. The summed E-state index contributed by atoms with van der Waals surface area (Å²) >= 11 is 0. The second kappa shape index (κ2) is 6.98. The van der Waals surface area contributed by atoms with Gasteiger partial charge in [-0.15, -0.1) is 0 Å². The Morgan fingerprint density at radius 2 is 2.14 bits per heavy atom. The lowest BCUT2D eigenvalue weighted by Crippen LogP contribution is -2.49. The number of pyridine rings is 1. The van der Waals surface area contributed by atoms with E-state index in [2.05, 4.69) is 30.7 Å². The van der Waals surface area contributed by atoms with Crippen molar-refractivity contribution in [3.8, 4) is 0 Å². The Labute approximate surface area is 165 Å². The van der Waals surface area contributed by atoms with Gasteiger partial charge in [-0.3, -0.25) is 20.1 Å². The van der Waals surface area contributed by atoms with Gasteiger partial charge < -0.3 is 10.2 Å². The third kappa shape index (κ3) is 3.59. The topological polar surface area (TPSA) is 106 Å². The van der Waals surface area contributed by atoms with Gasteiger partial charge in [-0.1, -0.05) is 0 Å². The van der Waals surface area contributed by atoms with Crippen LogP contribution in [0.25, 0.3) is 0 Å². The zero-order valence-corrected chi connectivity index (χ0v) is 15.9. The maximum absolute atomic E-state index is 13.4. The van der Waals surface area contributed by atoms with Gasteiger partial charge in [0.25, 0.3) is 11.8 Å². The fraction of sp³-hybridized carbons (Fsp3) is 0.444. The van der Waals surface area contributed by atoms with Crippen LogP contribution in [-0.2, 0) is 0 Å². The fourth-order valence-electron chi connectivity index (χ4n) is 3.50. The molecule has 2 aromatic heterocycles. The molecule has 3 N–H and O–H groups in total. The Bertz CT molecular complexity index is 929. The summed E-state index contributed by atoms with van der Waals surface area (Å²) in [5.41, 5.74) is 0.700. The summed E-state index contributed by atoms with van der Waals surface area (Å²) in [4.78, 5) is 33.3. The molecule has 0 radical (unpaired) electrons. The van der Waals surface area contributed by atoms with Crippen molar-refractivity contribution >= 4 is 29.3 Å². The maximum atomic E-state index is 13.4. The first-order valence-electron chi connectivity index (χ1n) is 9.28. The molecule has 0 aliphatic carbocycles. The molecule has 29 heavy (non-hydrogen) atoms. The standard InChI is InChI=1S/C18H21F2N7O2/c1-10(18(2,19)20)22-16(28)12-3-4-13-15(23-12)27(11-6-8-26(13)9-11)17(29)24-14-5-7-21-25-14/h3-5,7,10-11H,6,8-9H2,1-2H3,(H,22,28)(H2,21,24,25,29)/t10-,11+/m1/s1. The lowest BCUT2D eigenvalue weighted by molar-refractivity contribution is -0.0108. The first-order valence-corrected chi connectivity index (χ1v) is 9.28. The lowest BCUT2D eigenvalue weighted by atomic mass is 10.1. The molecule has 0 spiro atoms. The number of urea groups is 1. The van der Waals surface area contributed by atoms with Crippen molar-refractivity contribution in [1.82, 2.24) is 20.5 Å². The predicted octanol–water partition coefficient (Wildman–Crippen LogP) is 2.21. The number of carbonyl (C=O) groups is 2. The minimum atomic E-state index is -3.06. The molecule has 1 fully saturated rings. The number of hydrogen-bond donors (Lipinski definition) is 3. The number of rotatable bonds is 4. The molecule has 4 heterocycles. The molecule has 2 aliphatic heterocycles. The summed E-state index contributed by atoms with van der Waals surface area (Å²) in [6, 6.07) is 2.94. The summed E-state index contributed by atoms with van der Waals surface area (Å²) < 4.78 is 26.8. The van der Waals surface area contributed by atoms with E-state index in [0.717, 1.165) is 25.6 Å². The third-order valence-corrected chi connectivity index (χ3v) is 5.25. The van der Waals surface area contributed by atoms with Gasteiger partial charge in [0, 0.05) is 26.1 Å². The van der Waals surface area contributed by atoms with Crippen molar-refractivity contribution in [2.75, 3.05) is 28.2 Å². The molecule has 2 bridgehead atoms. The smallest absolute Gasteiger partial charge is 0.329 e. The van der Waals surface area contributed by atoms with Crippen LogP contribution in [-0.4, -0.2) is 58.2 Å². The normalized spacial score (nSPS) is 19.0. The molecule has 154 valence electrons. The van der Waals surface area contributed by atoms with Crippen LogP contribution in [0, 0.1) is 0 Å². The van der Waals surface area contributed by atoms with E-state index in [1.54, 1.807) is 12.1 Å². The highest BCUT2D eigenvalue weighted by atomic mass is 19.3. The number of H-pyrrole nitrogens is 1. The van der Waals surface area contributed by atoms with E-state index in [-0.39, 0.29) is 11.7 Å². The number of nitrogens with zero attached hydrogens (tertiary/aromatic N) is 4. The van der Waals surface area contributed by atoms with Crippen molar-refractivity contribution in [2.45, 2.75) is 38.3 Å². The van der Waals surface area contributed by atoms with Gasteiger partial charge in [0.05, 0.1) is 24.0 Å². The quantitative estimate of drug-likeness (QED) is 0.723. The second-order valence-electron chi connectivity index (χ2n) is 7.35. The van der Waals surface area contributed by atoms with Crippen LogP contribution in [0.4, 0.5) is 30.9 Å². The summed E-state index contributed by atoms with van der Waals surface area (Å²) in [5.74, 6) is -3.02. The molecule has 11 heteroatoms. The fourth-order valence-corrected chi connectivity index (χ4v) is 3.50. The molecule has 2 aromatic rings. The van der Waals surface area contributed by atoms with E-state index in [0.29, 0.717) is 18.2 Å². The molecular weight excluding hydrogens is 384 g/mol. The number of halogens is 2. The summed E-state index contributed by atoms with van der Waals surface area (Å²) in [7, 11) is 0. The minimum Gasteiger partial charge on any atom is -0.366 e. The lowest BCUT2D eigenvalue weighted by Gasteiger charge is -2.35. The number of alkyl halides is 2. The number of nitrogens with one attached hydrogen (secondary N) is 3. The van der Waals surface area contributed by atoms with Crippen molar-refractivity contribution < 1.29 is 18.4 Å². The minimum absolute atomic E-state index is 0.0262. The van der Waals surface area contributed by atoms with Gasteiger partial charge >= 0.3 is 6.03 Å². The highest BCUT2D eigenvalue weighted by Crippen LogP contribution is 2.39. The molecule has 4 rings (SSSR count). The van der Waals surface area contributed by atoms with E-state index in [4.69, 9.17) is 0 Å². The summed E-state index contributed by atoms with van der Waals surface area (Å²) in [6.45, 7) is 3.39. The highest BCUT2D eigenvalue weighted by molar-refractivity contribution is 6.05. The first kappa shape index (κ1) is 19.1. The summed E-state index contributed by atoms with van der Waals surface area (Å²) in [5, 5.41) is 11.5.